The van der Waals surface area contributed by atoms with Crippen molar-refractivity contribution in [2.24, 2.45) is 0 Å². The molecule has 0 aliphatic rings. The first kappa shape index (κ1) is 15.2. The second-order valence-electron chi connectivity index (χ2n) is 6.16. The first-order chi connectivity index (χ1) is 10.5. The first-order valence-electron chi connectivity index (χ1n) is 7.52. The summed E-state index contributed by atoms with van der Waals surface area (Å²) < 4.78 is 2.95. The highest BCUT2D eigenvalue weighted by atomic mass is 79.9. The van der Waals surface area contributed by atoms with Crippen LogP contribution in [0.5, 0.6) is 5.88 Å². The Morgan fingerprint density at radius 2 is 1.82 bits per heavy atom. The second kappa shape index (κ2) is 5.81. The Morgan fingerprint density at radius 3 is 2.45 bits per heavy atom. The summed E-state index contributed by atoms with van der Waals surface area (Å²) in [5.41, 5.74) is 3.61. The number of aryl methyl sites for hydroxylation is 1. The second-order valence-corrected chi connectivity index (χ2v) is 7.08. The molecule has 2 aromatic carbocycles. The molecule has 0 aliphatic carbocycles. The van der Waals surface area contributed by atoms with Gasteiger partial charge in [-0.15, -0.1) is 0 Å². The summed E-state index contributed by atoms with van der Waals surface area (Å²) >= 11 is 3.51. The van der Waals surface area contributed by atoms with Gasteiger partial charge in [0.15, 0.2) is 5.88 Å². The van der Waals surface area contributed by atoms with E-state index >= 15 is 0 Å². The predicted molar refractivity (Wildman–Crippen MR) is 95.7 cm³/mol. The zero-order valence-corrected chi connectivity index (χ0v) is 14.7. The molecular formula is C19H20BrNO. The van der Waals surface area contributed by atoms with Crippen LogP contribution in [-0.2, 0) is 6.54 Å². The van der Waals surface area contributed by atoms with Gasteiger partial charge in [-0.1, -0.05) is 54.0 Å². The zero-order chi connectivity index (χ0) is 15.9. The van der Waals surface area contributed by atoms with Crippen LogP contribution in [0.1, 0.15) is 36.5 Å². The van der Waals surface area contributed by atoms with Gasteiger partial charge in [0.05, 0.1) is 6.54 Å². The molecular weight excluding hydrogens is 338 g/mol. The molecule has 0 spiro atoms. The van der Waals surface area contributed by atoms with Gasteiger partial charge in [-0.25, -0.2) is 0 Å². The minimum atomic E-state index is 0.341. The van der Waals surface area contributed by atoms with Crippen LogP contribution in [0.15, 0.2) is 47.1 Å². The van der Waals surface area contributed by atoms with E-state index in [-0.39, 0.29) is 0 Å². The lowest BCUT2D eigenvalue weighted by Gasteiger charge is -2.08. The molecule has 0 saturated carbocycles. The molecule has 3 aromatic rings. The molecule has 0 radical (unpaired) electrons. The number of fused-ring (bicyclic) bond motifs is 1. The summed E-state index contributed by atoms with van der Waals surface area (Å²) in [7, 11) is 0. The van der Waals surface area contributed by atoms with Crippen molar-refractivity contribution in [3.63, 3.8) is 0 Å². The molecule has 3 heteroatoms. The SMILES string of the molecule is Cc1cc(Br)cc2cn(Cc3ccc(C(C)C)cc3)c(O)c12. The minimum absolute atomic E-state index is 0.341. The lowest BCUT2D eigenvalue weighted by molar-refractivity contribution is 0.430. The van der Waals surface area contributed by atoms with Crippen molar-refractivity contribution in [2.45, 2.75) is 33.2 Å². The Morgan fingerprint density at radius 1 is 1.14 bits per heavy atom. The maximum atomic E-state index is 10.5. The lowest BCUT2D eigenvalue weighted by Crippen LogP contribution is -1.98. The van der Waals surface area contributed by atoms with Gasteiger partial charge < -0.3 is 9.67 Å². The third-order valence-electron chi connectivity index (χ3n) is 4.12. The summed E-state index contributed by atoms with van der Waals surface area (Å²) in [4.78, 5) is 0. The fraction of sp³-hybridized carbons (Fsp3) is 0.263. The summed E-state index contributed by atoms with van der Waals surface area (Å²) in [6.45, 7) is 7.09. The van der Waals surface area contributed by atoms with E-state index in [9.17, 15) is 5.11 Å². The molecule has 0 bridgehead atoms. The van der Waals surface area contributed by atoms with Gasteiger partial charge in [0.25, 0.3) is 0 Å². The van der Waals surface area contributed by atoms with E-state index in [1.54, 1.807) is 0 Å². The van der Waals surface area contributed by atoms with E-state index in [2.05, 4.69) is 54.0 Å². The fourth-order valence-electron chi connectivity index (χ4n) is 2.87. The van der Waals surface area contributed by atoms with Crippen molar-refractivity contribution in [1.82, 2.24) is 4.57 Å². The van der Waals surface area contributed by atoms with Crippen LogP contribution < -0.4 is 0 Å². The number of benzene rings is 2. The number of nitrogens with zero attached hydrogens (tertiary/aromatic N) is 1. The average molecular weight is 358 g/mol. The molecule has 22 heavy (non-hydrogen) atoms. The van der Waals surface area contributed by atoms with Crippen LogP contribution in [0.2, 0.25) is 0 Å². The highest BCUT2D eigenvalue weighted by Gasteiger charge is 2.12. The number of hydrogen-bond donors (Lipinski definition) is 1. The number of rotatable bonds is 3. The van der Waals surface area contributed by atoms with Gasteiger partial charge in [-0.2, -0.15) is 0 Å². The average Bonchev–Trinajstić information content (AvgIpc) is 2.75. The van der Waals surface area contributed by atoms with Gasteiger partial charge in [0, 0.05) is 21.4 Å². The lowest BCUT2D eigenvalue weighted by atomic mass is 10.0. The molecule has 1 heterocycles. The highest BCUT2D eigenvalue weighted by molar-refractivity contribution is 9.10. The van der Waals surface area contributed by atoms with Crippen LogP contribution in [-0.4, -0.2) is 9.67 Å². The molecule has 114 valence electrons. The smallest absolute Gasteiger partial charge is 0.199 e. The largest absolute Gasteiger partial charge is 0.494 e. The molecule has 0 aliphatic heterocycles. The zero-order valence-electron chi connectivity index (χ0n) is 13.1. The summed E-state index contributed by atoms with van der Waals surface area (Å²) in [6.07, 6.45) is 2.01. The molecule has 1 N–H and O–H groups in total. The maximum Gasteiger partial charge on any atom is 0.199 e. The third kappa shape index (κ3) is 2.78. The van der Waals surface area contributed by atoms with Crippen LogP contribution in [0.25, 0.3) is 10.8 Å². The Balaban J connectivity index is 1.97. The van der Waals surface area contributed by atoms with E-state index in [4.69, 9.17) is 0 Å². The van der Waals surface area contributed by atoms with Crippen molar-refractivity contribution in [3.05, 3.63) is 63.8 Å². The third-order valence-corrected chi connectivity index (χ3v) is 4.58. The molecule has 0 atom stereocenters. The van der Waals surface area contributed by atoms with Crippen molar-refractivity contribution in [1.29, 1.82) is 0 Å². The normalized spacial score (nSPS) is 11.5. The Bertz CT molecular complexity index is 816. The van der Waals surface area contributed by atoms with Gasteiger partial charge in [0.1, 0.15) is 0 Å². The molecule has 0 saturated heterocycles. The topological polar surface area (TPSA) is 25.2 Å². The van der Waals surface area contributed by atoms with Crippen LogP contribution in [0.4, 0.5) is 0 Å². The van der Waals surface area contributed by atoms with Crippen molar-refractivity contribution in [2.75, 3.05) is 0 Å². The maximum absolute atomic E-state index is 10.5. The molecule has 2 nitrogen and oxygen atoms in total. The van der Waals surface area contributed by atoms with E-state index in [1.165, 1.54) is 11.1 Å². The van der Waals surface area contributed by atoms with E-state index in [0.29, 0.717) is 18.3 Å². The van der Waals surface area contributed by atoms with Crippen molar-refractivity contribution < 1.29 is 5.11 Å². The first-order valence-corrected chi connectivity index (χ1v) is 8.32. The van der Waals surface area contributed by atoms with E-state index in [1.807, 2.05) is 29.8 Å². The Kier molecular flexibility index (Phi) is 4.00. The van der Waals surface area contributed by atoms with E-state index < -0.39 is 0 Å². The highest BCUT2D eigenvalue weighted by Crippen LogP contribution is 2.33. The quantitative estimate of drug-likeness (QED) is 0.649. The van der Waals surface area contributed by atoms with Crippen LogP contribution >= 0.6 is 15.9 Å². The predicted octanol–water partition coefficient (Wildman–Crippen LogP) is 5.59. The fourth-order valence-corrected chi connectivity index (χ4v) is 3.46. The Labute approximate surface area is 139 Å². The van der Waals surface area contributed by atoms with E-state index in [0.717, 1.165) is 20.8 Å². The molecule has 1 aromatic heterocycles. The number of halogens is 1. The number of hydrogen-bond acceptors (Lipinski definition) is 1. The van der Waals surface area contributed by atoms with Crippen LogP contribution in [0.3, 0.4) is 0 Å². The minimum Gasteiger partial charge on any atom is -0.494 e. The molecule has 0 amide bonds. The van der Waals surface area contributed by atoms with Gasteiger partial charge in [0.2, 0.25) is 0 Å². The van der Waals surface area contributed by atoms with Crippen molar-refractivity contribution in [3.8, 4) is 5.88 Å². The van der Waals surface area contributed by atoms with Crippen LogP contribution in [0, 0.1) is 6.92 Å². The number of aromatic nitrogens is 1. The molecule has 0 unspecified atom stereocenters. The summed E-state index contributed by atoms with van der Waals surface area (Å²) in [6, 6.07) is 12.7. The van der Waals surface area contributed by atoms with Gasteiger partial charge in [-0.05, 0) is 41.7 Å². The molecule has 0 fully saturated rings. The number of aromatic hydroxyl groups is 1. The summed E-state index contributed by atoms with van der Waals surface area (Å²) in [5.74, 6) is 0.879. The standard InChI is InChI=1S/C19H20BrNO/c1-12(2)15-6-4-14(5-7-15)10-21-11-16-9-17(20)8-13(3)18(16)19(21)22/h4-9,11-12,22H,10H2,1-3H3. The molecule has 3 rings (SSSR count). The Hall–Kier alpha value is -1.74. The van der Waals surface area contributed by atoms with Gasteiger partial charge in [-0.3, -0.25) is 0 Å². The summed E-state index contributed by atoms with van der Waals surface area (Å²) in [5, 5.41) is 12.5. The van der Waals surface area contributed by atoms with Gasteiger partial charge >= 0.3 is 0 Å². The van der Waals surface area contributed by atoms with Crippen molar-refractivity contribution >= 4 is 26.7 Å². The monoisotopic (exact) mass is 357 g/mol.